The molecule has 0 aliphatic carbocycles. The maximum atomic E-state index is 13.2. The minimum absolute atomic E-state index is 0.0600. The van der Waals surface area contributed by atoms with Gasteiger partial charge in [0.25, 0.3) is 0 Å². The van der Waals surface area contributed by atoms with Crippen LogP contribution in [0.1, 0.15) is 316 Å². The van der Waals surface area contributed by atoms with Crippen LogP contribution >= 0.6 is 0 Å². The molecule has 0 amide bonds. The molecule has 12 nitrogen and oxygen atoms in total. The van der Waals surface area contributed by atoms with Crippen molar-refractivity contribution >= 4 is 23.9 Å². The van der Waals surface area contributed by atoms with Crippen molar-refractivity contribution in [2.24, 2.45) is 0 Å². The fraction of sp³-hybridized carbons (Fsp3) is 0.851. The zero-order valence-corrected chi connectivity index (χ0v) is 50.9. The SMILES string of the molecule is CCC/C=C\C/C=C\CCCCCCCC(=O)OC(COC(=O)CCCCCCCCCCCCCCCCCCC)COC1OC(C(=O)O)C(O)C(O)C1OC(=O)CCCCCCCCCCC/C=C\CCCCCCCC. The summed E-state index contributed by atoms with van der Waals surface area (Å²) in [6.07, 6.45) is 53.9. The summed E-state index contributed by atoms with van der Waals surface area (Å²) in [6, 6.07) is 0. The lowest BCUT2D eigenvalue weighted by Gasteiger charge is -2.40. The number of rotatable bonds is 57. The van der Waals surface area contributed by atoms with Crippen LogP contribution in [0.25, 0.3) is 0 Å². The molecule has 1 rings (SSSR count). The highest BCUT2D eigenvalue weighted by atomic mass is 16.7. The number of aliphatic hydroxyl groups is 2. The molecule has 460 valence electrons. The summed E-state index contributed by atoms with van der Waals surface area (Å²) in [5.74, 6) is -3.11. The molecule has 1 aliphatic rings. The molecule has 0 aromatic heterocycles. The predicted molar refractivity (Wildman–Crippen MR) is 322 cm³/mol. The van der Waals surface area contributed by atoms with Crippen LogP contribution in [-0.4, -0.2) is 89.2 Å². The van der Waals surface area contributed by atoms with E-state index in [1.54, 1.807) is 0 Å². The predicted octanol–water partition coefficient (Wildman–Crippen LogP) is 17.6. The number of allylic oxidation sites excluding steroid dienone is 6. The Bertz CT molecular complexity index is 1510. The number of hydrogen-bond acceptors (Lipinski definition) is 11. The summed E-state index contributed by atoms with van der Waals surface area (Å²) in [5.41, 5.74) is 0. The smallest absolute Gasteiger partial charge is 0.335 e. The van der Waals surface area contributed by atoms with Gasteiger partial charge in [-0.15, -0.1) is 0 Å². The van der Waals surface area contributed by atoms with Gasteiger partial charge in [-0.1, -0.05) is 263 Å². The molecule has 0 aromatic rings. The molecule has 3 N–H and O–H groups in total. The second-order valence-electron chi connectivity index (χ2n) is 22.8. The number of esters is 3. The molecule has 1 aliphatic heterocycles. The Morgan fingerprint density at radius 1 is 0.418 bits per heavy atom. The highest BCUT2D eigenvalue weighted by Crippen LogP contribution is 2.27. The molecule has 0 radical (unpaired) electrons. The van der Waals surface area contributed by atoms with Gasteiger partial charge in [-0.05, 0) is 70.6 Å². The second kappa shape index (κ2) is 55.5. The Morgan fingerprint density at radius 3 is 1.20 bits per heavy atom. The summed E-state index contributed by atoms with van der Waals surface area (Å²) < 4.78 is 28.5. The summed E-state index contributed by atoms with van der Waals surface area (Å²) in [6.45, 7) is 5.96. The van der Waals surface area contributed by atoms with Crippen LogP contribution in [-0.2, 0) is 42.9 Å². The number of carboxylic acids is 1. The Hall–Kier alpha value is -3.06. The van der Waals surface area contributed by atoms with E-state index in [0.29, 0.717) is 19.3 Å². The van der Waals surface area contributed by atoms with Crippen LogP contribution in [0.4, 0.5) is 0 Å². The number of ether oxygens (including phenoxy) is 5. The van der Waals surface area contributed by atoms with Crippen molar-refractivity contribution in [3.63, 3.8) is 0 Å². The molecule has 1 saturated heterocycles. The fourth-order valence-electron chi connectivity index (χ4n) is 10.1. The van der Waals surface area contributed by atoms with Crippen molar-refractivity contribution in [2.75, 3.05) is 13.2 Å². The van der Waals surface area contributed by atoms with Gasteiger partial charge in [-0.3, -0.25) is 14.4 Å². The Balaban J connectivity index is 2.62. The Labute approximate surface area is 482 Å². The number of carbonyl (C=O) groups excluding carboxylic acids is 3. The third kappa shape index (κ3) is 45.2. The van der Waals surface area contributed by atoms with Crippen LogP contribution in [0.15, 0.2) is 36.5 Å². The number of carbonyl (C=O) groups is 4. The van der Waals surface area contributed by atoms with Gasteiger partial charge in [-0.2, -0.15) is 0 Å². The van der Waals surface area contributed by atoms with Gasteiger partial charge in [0.2, 0.25) is 0 Å². The van der Waals surface area contributed by atoms with Crippen molar-refractivity contribution in [2.45, 2.75) is 353 Å². The summed E-state index contributed by atoms with van der Waals surface area (Å²) in [5, 5.41) is 31.6. The molecule has 1 heterocycles. The van der Waals surface area contributed by atoms with Gasteiger partial charge < -0.3 is 39.0 Å². The van der Waals surface area contributed by atoms with Gasteiger partial charge in [0.05, 0.1) is 6.61 Å². The first-order chi connectivity index (χ1) is 38.6. The van der Waals surface area contributed by atoms with Crippen LogP contribution in [0.3, 0.4) is 0 Å². The summed E-state index contributed by atoms with van der Waals surface area (Å²) >= 11 is 0. The van der Waals surface area contributed by atoms with Crippen LogP contribution in [0.5, 0.6) is 0 Å². The zero-order valence-electron chi connectivity index (χ0n) is 50.9. The molecule has 79 heavy (non-hydrogen) atoms. The molecular formula is C67H120O12. The normalized spacial score (nSPS) is 18.0. The van der Waals surface area contributed by atoms with E-state index in [0.717, 1.165) is 103 Å². The highest BCUT2D eigenvalue weighted by Gasteiger charge is 2.50. The molecule has 1 fully saturated rings. The average Bonchev–Trinajstić information content (AvgIpc) is 3.43. The van der Waals surface area contributed by atoms with Crippen LogP contribution in [0, 0.1) is 0 Å². The third-order valence-electron chi connectivity index (χ3n) is 15.2. The van der Waals surface area contributed by atoms with E-state index in [4.69, 9.17) is 23.7 Å². The second-order valence-corrected chi connectivity index (χ2v) is 22.8. The lowest BCUT2D eigenvalue weighted by Crippen LogP contribution is -2.61. The van der Waals surface area contributed by atoms with E-state index in [1.165, 1.54) is 154 Å². The monoisotopic (exact) mass is 1120 g/mol. The van der Waals surface area contributed by atoms with Crippen molar-refractivity contribution in [1.82, 2.24) is 0 Å². The molecule has 6 atom stereocenters. The minimum Gasteiger partial charge on any atom is -0.479 e. The molecule has 0 saturated carbocycles. The van der Waals surface area contributed by atoms with Crippen LogP contribution < -0.4 is 0 Å². The molecule has 6 unspecified atom stereocenters. The molecule has 0 spiro atoms. The topological polar surface area (TPSA) is 175 Å². The van der Waals surface area contributed by atoms with Crippen molar-refractivity contribution in [1.29, 1.82) is 0 Å². The average molecular weight is 1120 g/mol. The van der Waals surface area contributed by atoms with Crippen LogP contribution in [0.2, 0.25) is 0 Å². The summed E-state index contributed by atoms with van der Waals surface area (Å²) in [7, 11) is 0. The van der Waals surface area contributed by atoms with E-state index >= 15 is 0 Å². The summed E-state index contributed by atoms with van der Waals surface area (Å²) in [4.78, 5) is 51.3. The molecule has 0 aromatic carbocycles. The van der Waals surface area contributed by atoms with E-state index in [2.05, 4.69) is 57.2 Å². The van der Waals surface area contributed by atoms with E-state index < -0.39 is 67.3 Å². The van der Waals surface area contributed by atoms with E-state index in [9.17, 15) is 34.5 Å². The first-order valence-electron chi connectivity index (χ1n) is 33.0. The number of carboxylic acid groups (broad SMARTS) is 1. The fourth-order valence-corrected chi connectivity index (χ4v) is 10.1. The number of aliphatic carboxylic acids is 1. The number of unbranched alkanes of at least 4 members (excludes halogenated alkanes) is 37. The van der Waals surface area contributed by atoms with E-state index in [-0.39, 0.29) is 25.9 Å². The van der Waals surface area contributed by atoms with Crippen molar-refractivity contribution < 1.29 is 58.2 Å². The quantitative estimate of drug-likeness (QED) is 0.0228. The first-order valence-corrected chi connectivity index (χ1v) is 33.0. The van der Waals surface area contributed by atoms with Gasteiger partial charge in [0.1, 0.15) is 18.8 Å². The molecule has 0 bridgehead atoms. The molecule has 12 heteroatoms. The maximum absolute atomic E-state index is 13.2. The van der Waals surface area contributed by atoms with E-state index in [1.807, 2.05) is 0 Å². The Kier molecular flexibility index (Phi) is 51.9. The van der Waals surface area contributed by atoms with Gasteiger partial charge in [0.15, 0.2) is 24.6 Å². The van der Waals surface area contributed by atoms with Gasteiger partial charge >= 0.3 is 23.9 Å². The molecular weight excluding hydrogens is 997 g/mol. The number of hydrogen-bond donors (Lipinski definition) is 3. The largest absolute Gasteiger partial charge is 0.479 e. The first kappa shape index (κ1) is 74.0. The maximum Gasteiger partial charge on any atom is 0.335 e. The zero-order chi connectivity index (χ0) is 57.5. The van der Waals surface area contributed by atoms with Crippen molar-refractivity contribution in [3.8, 4) is 0 Å². The standard InChI is InChI=1S/C67H120O12/c1-4-7-10-13-16-19-22-25-27-29-30-32-34-37-40-43-46-49-52-55-61(70)78-65-63(72)62(71)64(66(73)74)79-67(65)76-57-58(77-60(69)54-51-48-45-42-39-35-24-21-18-15-12-9-6-3)56-75-59(68)53-50-47-44-41-38-36-33-31-28-26-23-20-17-14-11-8-5-2/h12,15,21,24-25,27,58,62-65,67,71-72H,4-11,13-14,16-20,22-23,26,28-57H2,1-3H3,(H,73,74)/b15-12-,24-21-,27-25-. The third-order valence-corrected chi connectivity index (χ3v) is 15.2. The van der Waals surface area contributed by atoms with Crippen molar-refractivity contribution in [3.05, 3.63) is 36.5 Å². The van der Waals surface area contributed by atoms with Gasteiger partial charge in [-0.25, -0.2) is 4.79 Å². The number of aliphatic hydroxyl groups excluding tert-OH is 2. The highest BCUT2D eigenvalue weighted by molar-refractivity contribution is 5.74. The van der Waals surface area contributed by atoms with Gasteiger partial charge in [0, 0.05) is 19.3 Å². The lowest BCUT2D eigenvalue weighted by atomic mass is 9.98. The minimum atomic E-state index is -1.90. The Morgan fingerprint density at radius 2 is 0.785 bits per heavy atom. The lowest BCUT2D eigenvalue weighted by molar-refractivity contribution is -0.301.